The quantitative estimate of drug-likeness (QED) is 0.439. The molecular formula is C23H20N4OS. The number of rotatable bonds is 6. The Labute approximate surface area is 173 Å². The molecule has 0 aliphatic carbocycles. The number of anilines is 1. The van der Waals surface area contributed by atoms with Crippen LogP contribution in [0.5, 0.6) is 0 Å². The van der Waals surface area contributed by atoms with Gasteiger partial charge in [-0.15, -0.1) is 10.2 Å². The standard InChI is InChI=1S/C23H20N4OS/c1-2-16-27(23-26-25-21(29-23)19-12-14-24-15-13-19)22(28)20-10-8-18(9-11-20)17-6-4-3-5-7-17/h3-15H,2,16H2,1H3. The first-order chi connectivity index (χ1) is 14.3. The second kappa shape index (κ2) is 8.75. The van der Waals surface area contributed by atoms with Crippen molar-refractivity contribution < 1.29 is 4.79 Å². The highest BCUT2D eigenvalue weighted by Crippen LogP contribution is 2.29. The number of amides is 1. The first-order valence-corrected chi connectivity index (χ1v) is 10.3. The van der Waals surface area contributed by atoms with E-state index in [4.69, 9.17) is 0 Å². The number of benzene rings is 2. The van der Waals surface area contributed by atoms with Crippen molar-refractivity contribution in [2.45, 2.75) is 13.3 Å². The second-order valence-electron chi connectivity index (χ2n) is 6.53. The maximum Gasteiger partial charge on any atom is 0.260 e. The molecule has 0 fully saturated rings. The van der Waals surface area contributed by atoms with Crippen LogP contribution in [0.2, 0.25) is 0 Å². The van der Waals surface area contributed by atoms with E-state index in [9.17, 15) is 4.79 Å². The van der Waals surface area contributed by atoms with Gasteiger partial charge < -0.3 is 0 Å². The molecule has 6 heteroatoms. The van der Waals surface area contributed by atoms with E-state index in [1.165, 1.54) is 11.3 Å². The fourth-order valence-electron chi connectivity index (χ4n) is 3.04. The van der Waals surface area contributed by atoms with E-state index in [-0.39, 0.29) is 5.91 Å². The van der Waals surface area contributed by atoms with Gasteiger partial charge in [-0.25, -0.2) is 0 Å². The Bertz CT molecular complexity index is 1080. The molecule has 29 heavy (non-hydrogen) atoms. The van der Waals surface area contributed by atoms with Crippen molar-refractivity contribution in [1.29, 1.82) is 0 Å². The molecule has 0 radical (unpaired) electrons. The van der Waals surface area contributed by atoms with Crippen LogP contribution in [0.15, 0.2) is 79.1 Å². The van der Waals surface area contributed by atoms with E-state index in [0.29, 0.717) is 17.2 Å². The van der Waals surface area contributed by atoms with Gasteiger partial charge in [-0.3, -0.25) is 14.7 Å². The van der Waals surface area contributed by atoms with Gasteiger partial charge in [0.1, 0.15) is 5.01 Å². The van der Waals surface area contributed by atoms with Gasteiger partial charge in [0.05, 0.1) is 0 Å². The number of aromatic nitrogens is 3. The van der Waals surface area contributed by atoms with Crippen LogP contribution in [-0.2, 0) is 0 Å². The molecule has 2 aromatic carbocycles. The second-order valence-corrected chi connectivity index (χ2v) is 7.48. The molecule has 0 aliphatic heterocycles. The van der Waals surface area contributed by atoms with E-state index in [1.54, 1.807) is 17.3 Å². The Morgan fingerprint density at radius 2 is 1.55 bits per heavy atom. The number of carbonyl (C=O) groups excluding carboxylic acids is 1. The lowest BCUT2D eigenvalue weighted by Gasteiger charge is -2.18. The van der Waals surface area contributed by atoms with Crippen molar-refractivity contribution >= 4 is 22.4 Å². The summed E-state index contributed by atoms with van der Waals surface area (Å²) in [6.45, 7) is 2.63. The zero-order valence-electron chi connectivity index (χ0n) is 16.0. The molecule has 4 rings (SSSR count). The van der Waals surface area contributed by atoms with Gasteiger partial charge in [-0.2, -0.15) is 0 Å². The summed E-state index contributed by atoms with van der Waals surface area (Å²) in [5.41, 5.74) is 3.79. The Balaban J connectivity index is 1.59. The van der Waals surface area contributed by atoms with Gasteiger partial charge in [-0.1, -0.05) is 60.7 Å². The first kappa shape index (κ1) is 19.0. The van der Waals surface area contributed by atoms with E-state index >= 15 is 0 Å². The van der Waals surface area contributed by atoms with Gasteiger partial charge in [0.2, 0.25) is 5.13 Å². The summed E-state index contributed by atoms with van der Waals surface area (Å²) < 4.78 is 0. The SMILES string of the molecule is CCCN(C(=O)c1ccc(-c2ccccc2)cc1)c1nnc(-c2ccncc2)s1. The normalized spacial score (nSPS) is 10.7. The topological polar surface area (TPSA) is 59.0 Å². The van der Waals surface area contributed by atoms with Crippen molar-refractivity contribution in [3.8, 4) is 21.7 Å². The third-order valence-corrected chi connectivity index (χ3v) is 5.50. The van der Waals surface area contributed by atoms with Crippen molar-refractivity contribution in [2.75, 3.05) is 11.4 Å². The third-order valence-electron chi connectivity index (χ3n) is 4.50. The molecule has 0 aliphatic rings. The predicted molar refractivity (Wildman–Crippen MR) is 117 cm³/mol. The van der Waals surface area contributed by atoms with Crippen LogP contribution in [0.4, 0.5) is 5.13 Å². The molecular weight excluding hydrogens is 380 g/mol. The minimum Gasteiger partial charge on any atom is -0.283 e. The monoisotopic (exact) mass is 400 g/mol. The minimum atomic E-state index is -0.0658. The molecule has 1 amide bonds. The number of pyridine rings is 1. The minimum absolute atomic E-state index is 0.0658. The summed E-state index contributed by atoms with van der Waals surface area (Å²) in [4.78, 5) is 18.9. The lowest BCUT2D eigenvalue weighted by molar-refractivity contribution is 0.0986. The molecule has 0 unspecified atom stereocenters. The molecule has 4 aromatic rings. The summed E-state index contributed by atoms with van der Waals surface area (Å²) in [7, 11) is 0. The fraction of sp³-hybridized carbons (Fsp3) is 0.130. The van der Waals surface area contributed by atoms with Crippen LogP contribution in [0, 0.1) is 0 Å². The summed E-state index contributed by atoms with van der Waals surface area (Å²) in [6, 6.07) is 21.6. The summed E-state index contributed by atoms with van der Waals surface area (Å²) in [6.07, 6.45) is 4.28. The Hall–Kier alpha value is -3.38. The largest absolute Gasteiger partial charge is 0.283 e. The molecule has 0 spiro atoms. The van der Waals surface area contributed by atoms with E-state index in [1.807, 2.05) is 61.5 Å². The molecule has 2 aromatic heterocycles. The van der Waals surface area contributed by atoms with E-state index in [2.05, 4.69) is 27.3 Å². The molecule has 0 bridgehead atoms. The zero-order chi connectivity index (χ0) is 20.1. The zero-order valence-corrected chi connectivity index (χ0v) is 16.8. The Kier molecular flexibility index (Phi) is 5.72. The van der Waals surface area contributed by atoms with Crippen LogP contribution < -0.4 is 4.90 Å². The smallest absolute Gasteiger partial charge is 0.260 e. The van der Waals surface area contributed by atoms with Crippen LogP contribution in [0.3, 0.4) is 0 Å². The number of carbonyl (C=O) groups is 1. The number of hydrogen-bond acceptors (Lipinski definition) is 5. The Morgan fingerprint density at radius 1 is 0.862 bits per heavy atom. The number of nitrogens with zero attached hydrogens (tertiary/aromatic N) is 4. The van der Waals surface area contributed by atoms with Gasteiger partial charge in [-0.05, 0) is 41.8 Å². The van der Waals surface area contributed by atoms with E-state index < -0.39 is 0 Å². The van der Waals surface area contributed by atoms with Crippen molar-refractivity contribution in [2.24, 2.45) is 0 Å². The van der Waals surface area contributed by atoms with Crippen LogP contribution in [0.25, 0.3) is 21.7 Å². The van der Waals surface area contributed by atoms with Crippen LogP contribution >= 0.6 is 11.3 Å². The van der Waals surface area contributed by atoms with Gasteiger partial charge in [0.15, 0.2) is 0 Å². The third kappa shape index (κ3) is 4.22. The molecule has 0 saturated heterocycles. The highest BCUT2D eigenvalue weighted by atomic mass is 32.1. The average molecular weight is 401 g/mol. The van der Waals surface area contributed by atoms with Crippen molar-refractivity contribution in [1.82, 2.24) is 15.2 Å². The average Bonchev–Trinajstić information content (AvgIpc) is 3.28. The Morgan fingerprint density at radius 3 is 2.24 bits per heavy atom. The lowest BCUT2D eigenvalue weighted by Crippen LogP contribution is -2.31. The maximum atomic E-state index is 13.2. The van der Waals surface area contributed by atoms with Crippen molar-refractivity contribution in [3.63, 3.8) is 0 Å². The van der Waals surface area contributed by atoms with E-state index in [0.717, 1.165) is 28.1 Å². The molecule has 0 N–H and O–H groups in total. The van der Waals surface area contributed by atoms with Gasteiger partial charge in [0.25, 0.3) is 5.91 Å². The summed E-state index contributed by atoms with van der Waals surface area (Å²) in [5.74, 6) is -0.0658. The predicted octanol–water partition coefficient (Wildman–Crippen LogP) is 5.32. The fourth-order valence-corrected chi connectivity index (χ4v) is 3.91. The highest BCUT2D eigenvalue weighted by Gasteiger charge is 2.21. The lowest BCUT2D eigenvalue weighted by atomic mass is 10.0. The van der Waals surface area contributed by atoms with Crippen LogP contribution in [-0.4, -0.2) is 27.6 Å². The highest BCUT2D eigenvalue weighted by molar-refractivity contribution is 7.18. The van der Waals surface area contributed by atoms with Crippen molar-refractivity contribution in [3.05, 3.63) is 84.7 Å². The first-order valence-electron chi connectivity index (χ1n) is 9.47. The molecule has 5 nitrogen and oxygen atoms in total. The van der Waals surface area contributed by atoms with Gasteiger partial charge >= 0.3 is 0 Å². The summed E-state index contributed by atoms with van der Waals surface area (Å²) in [5, 5.41) is 9.92. The molecule has 144 valence electrons. The molecule has 2 heterocycles. The summed E-state index contributed by atoms with van der Waals surface area (Å²) >= 11 is 1.41. The maximum absolute atomic E-state index is 13.2. The van der Waals surface area contributed by atoms with Gasteiger partial charge in [0, 0.05) is 30.1 Å². The van der Waals surface area contributed by atoms with Crippen LogP contribution in [0.1, 0.15) is 23.7 Å². The number of hydrogen-bond donors (Lipinski definition) is 0. The molecule has 0 saturated carbocycles. The molecule has 0 atom stereocenters.